The van der Waals surface area contributed by atoms with Crippen molar-refractivity contribution in [3.8, 4) is 0 Å². The van der Waals surface area contributed by atoms with Gasteiger partial charge < -0.3 is 15.6 Å². The summed E-state index contributed by atoms with van der Waals surface area (Å²) in [5.74, 6) is -1.38. The van der Waals surface area contributed by atoms with Crippen LogP contribution in [-0.2, 0) is 0 Å². The lowest BCUT2D eigenvalue weighted by molar-refractivity contribution is -0.0630. The molecular formula is C16H17F3N2O2. The van der Waals surface area contributed by atoms with Gasteiger partial charge in [-0.3, -0.25) is 0 Å². The molecule has 0 fully saturated rings. The number of alkyl halides is 3. The van der Waals surface area contributed by atoms with Crippen molar-refractivity contribution in [2.45, 2.75) is 31.2 Å². The summed E-state index contributed by atoms with van der Waals surface area (Å²) in [7, 11) is 0. The fourth-order valence-corrected chi connectivity index (χ4v) is 3.26. The maximum Gasteiger partial charge on any atom is 0.431 e. The fraction of sp³-hybridized carbons (Fsp3) is 0.438. The lowest BCUT2D eigenvalue weighted by atomic mass is 9.76. The number of hydrazone groups is 1. The normalized spacial score (nSPS) is 33.8. The van der Waals surface area contributed by atoms with E-state index in [9.17, 15) is 23.4 Å². The Morgan fingerprint density at radius 1 is 1.22 bits per heavy atom. The molecule has 0 amide bonds. The van der Waals surface area contributed by atoms with Crippen LogP contribution >= 0.6 is 0 Å². The molecule has 0 saturated heterocycles. The van der Waals surface area contributed by atoms with Crippen molar-refractivity contribution in [3.05, 3.63) is 47.8 Å². The Bertz CT molecular complexity index is 632. The Kier molecular flexibility index (Phi) is 4.06. The molecule has 0 aromatic heterocycles. The number of nitrogens with zero attached hydrogens (tertiary/aromatic N) is 1. The average molecular weight is 326 g/mol. The predicted octanol–water partition coefficient (Wildman–Crippen LogP) is 2.76. The van der Waals surface area contributed by atoms with E-state index in [4.69, 9.17) is 0 Å². The minimum Gasteiger partial charge on any atom is -0.512 e. The van der Waals surface area contributed by atoms with Crippen molar-refractivity contribution in [2.24, 2.45) is 16.9 Å². The second kappa shape index (κ2) is 5.88. The van der Waals surface area contributed by atoms with Gasteiger partial charge in [0.1, 0.15) is 11.5 Å². The third-order valence-electron chi connectivity index (χ3n) is 4.33. The van der Waals surface area contributed by atoms with Crippen molar-refractivity contribution in [2.75, 3.05) is 0 Å². The predicted molar refractivity (Wildman–Crippen MR) is 79.7 cm³/mol. The topological polar surface area (TPSA) is 64.8 Å². The molecule has 0 saturated carbocycles. The largest absolute Gasteiger partial charge is 0.512 e. The zero-order chi connectivity index (χ0) is 16.6. The molecule has 3 N–H and O–H groups in total. The summed E-state index contributed by atoms with van der Waals surface area (Å²) in [6.45, 7) is 0. The van der Waals surface area contributed by atoms with Crippen LogP contribution in [0, 0.1) is 11.8 Å². The second-order valence-electron chi connectivity index (χ2n) is 5.87. The Morgan fingerprint density at radius 2 is 2.00 bits per heavy atom. The third-order valence-corrected chi connectivity index (χ3v) is 4.33. The van der Waals surface area contributed by atoms with Crippen LogP contribution in [0.3, 0.4) is 0 Å². The highest BCUT2D eigenvalue weighted by atomic mass is 19.4. The average Bonchev–Trinajstić information content (AvgIpc) is 2.93. The SMILES string of the molecule is OC1=C(C2NN=C(C(F)(F)F)C2C2C=CC=CC2)C=CC(O)C1. The summed E-state index contributed by atoms with van der Waals surface area (Å²) in [5.41, 5.74) is 2.03. The summed E-state index contributed by atoms with van der Waals surface area (Å²) >= 11 is 0. The first-order valence-electron chi connectivity index (χ1n) is 7.40. The first-order chi connectivity index (χ1) is 10.9. The summed E-state index contributed by atoms with van der Waals surface area (Å²) in [6, 6.07) is -0.767. The van der Waals surface area contributed by atoms with Gasteiger partial charge in [-0.05, 0) is 12.3 Å². The standard InChI is InChI=1S/C16H17F3N2O2/c17-16(18,19)15-13(9-4-2-1-3-5-9)14(20-21-15)11-7-6-10(22)8-12(11)23/h1-4,6-7,9-10,13-14,20,22-23H,5,8H2. The van der Waals surface area contributed by atoms with Gasteiger partial charge in [0.15, 0.2) is 0 Å². The zero-order valence-electron chi connectivity index (χ0n) is 12.2. The molecule has 0 aromatic rings. The van der Waals surface area contributed by atoms with Crippen LogP contribution in [0.4, 0.5) is 13.2 Å². The lowest BCUT2D eigenvalue weighted by Crippen LogP contribution is -2.41. The van der Waals surface area contributed by atoms with E-state index < -0.39 is 30.0 Å². The molecule has 3 rings (SSSR count). The Morgan fingerprint density at radius 3 is 2.61 bits per heavy atom. The van der Waals surface area contributed by atoms with Gasteiger partial charge in [-0.25, -0.2) is 0 Å². The summed E-state index contributed by atoms with van der Waals surface area (Å²) in [5, 5.41) is 23.1. The van der Waals surface area contributed by atoms with E-state index in [1.165, 1.54) is 12.2 Å². The Balaban J connectivity index is 1.95. The van der Waals surface area contributed by atoms with Crippen LogP contribution < -0.4 is 5.43 Å². The minimum absolute atomic E-state index is 0.00149. The summed E-state index contributed by atoms with van der Waals surface area (Å²) in [4.78, 5) is 0. The quantitative estimate of drug-likeness (QED) is 0.731. The molecule has 0 radical (unpaired) electrons. The van der Waals surface area contributed by atoms with E-state index in [0.29, 0.717) is 12.0 Å². The number of allylic oxidation sites excluding steroid dienone is 4. The first-order valence-corrected chi connectivity index (χ1v) is 7.40. The number of nitrogens with one attached hydrogen (secondary N) is 1. The van der Waals surface area contributed by atoms with Gasteiger partial charge in [0, 0.05) is 17.9 Å². The fourth-order valence-electron chi connectivity index (χ4n) is 3.26. The van der Waals surface area contributed by atoms with E-state index in [2.05, 4.69) is 10.5 Å². The molecule has 1 heterocycles. The van der Waals surface area contributed by atoms with Crippen molar-refractivity contribution < 1.29 is 23.4 Å². The third kappa shape index (κ3) is 3.06. The number of aliphatic hydroxyl groups excluding tert-OH is 2. The Labute approximate surface area is 131 Å². The van der Waals surface area contributed by atoms with Gasteiger partial charge in [-0.2, -0.15) is 18.3 Å². The maximum absolute atomic E-state index is 13.3. The van der Waals surface area contributed by atoms with Gasteiger partial charge in [0.05, 0.1) is 12.1 Å². The van der Waals surface area contributed by atoms with Gasteiger partial charge in [0.25, 0.3) is 0 Å². The van der Waals surface area contributed by atoms with Crippen LogP contribution in [-0.4, -0.2) is 34.2 Å². The lowest BCUT2D eigenvalue weighted by Gasteiger charge is -2.30. The molecule has 4 atom stereocenters. The van der Waals surface area contributed by atoms with E-state index in [1.54, 1.807) is 18.2 Å². The molecule has 23 heavy (non-hydrogen) atoms. The van der Waals surface area contributed by atoms with Gasteiger partial charge >= 0.3 is 6.18 Å². The van der Waals surface area contributed by atoms with Crippen molar-refractivity contribution >= 4 is 5.71 Å². The van der Waals surface area contributed by atoms with E-state index in [0.717, 1.165) is 0 Å². The molecule has 4 unspecified atom stereocenters. The molecule has 2 aliphatic carbocycles. The van der Waals surface area contributed by atoms with Gasteiger partial charge in [-0.1, -0.05) is 36.5 Å². The molecule has 1 aliphatic heterocycles. The molecule has 3 aliphatic rings. The van der Waals surface area contributed by atoms with Crippen LogP contribution in [0.1, 0.15) is 12.8 Å². The number of hydrogen-bond acceptors (Lipinski definition) is 4. The van der Waals surface area contributed by atoms with Crippen LogP contribution in [0.15, 0.2) is 52.9 Å². The molecule has 4 nitrogen and oxygen atoms in total. The first kappa shape index (κ1) is 15.9. The van der Waals surface area contributed by atoms with Crippen molar-refractivity contribution in [3.63, 3.8) is 0 Å². The summed E-state index contributed by atoms with van der Waals surface area (Å²) < 4.78 is 39.9. The van der Waals surface area contributed by atoms with Crippen LogP contribution in [0.2, 0.25) is 0 Å². The highest BCUT2D eigenvalue weighted by Gasteiger charge is 2.50. The van der Waals surface area contributed by atoms with E-state index >= 15 is 0 Å². The molecular weight excluding hydrogens is 309 g/mol. The molecule has 0 spiro atoms. The van der Waals surface area contributed by atoms with Crippen LogP contribution in [0.25, 0.3) is 0 Å². The van der Waals surface area contributed by atoms with E-state index in [-0.39, 0.29) is 18.1 Å². The zero-order valence-corrected chi connectivity index (χ0v) is 12.2. The number of hydrogen-bond donors (Lipinski definition) is 3. The van der Waals surface area contributed by atoms with Crippen molar-refractivity contribution in [1.82, 2.24) is 5.43 Å². The minimum atomic E-state index is -4.53. The van der Waals surface area contributed by atoms with Gasteiger partial charge in [-0.15, -0.1) is 0 Å². The molecule has 124 valence electrons. The number of halogens is 3. The molecule has 0 aromatic carbocycles. The van der Waals surface area contributed by atoms with Crippen LogP contribution in [0.5, 0.6) is 0 Å². The summed E-state index contributed by atoms with van der Waals surface area (Å²) in [6.07, 6.45) is 5.16. The maximum atomic E-state index is 13.3. The monoisotopic (exact) mass is 326 g/mol. The van der Waals surface area contributed by atoms with E-state index in [1.807, 2.05) is 6.08 Å². The van der Waals surface area contributed by atoms with Gasteiger partial charge in [0.2, 0.25) is 0 Å². The van der Waals surface area contributed by atoms with Crippen molar-refractivity contribution in [1.29, 1.82) is 0 Å². The number of rotatable bonds is 2. The molecule has 7 heteroatoms. The smallest absolute Gasteiger partial charge is 0.431 e. The highest BCUT2D eigenvalue weighted by molar-refractivity contribution is 5.94. The second-order valence-corrected chi connectivity index (χ2v) is 5.87. The number of aliphatic hydroxyl groups is 2. The Hall–Kier alpha value is -2.02. The highest BCUT2D eigenvalue weighted by Crippen LogP contribution is 2.39. The molecule has 0 bridgehead atoms.